The van der Waals surface area contributed by atoms with Gasteiger partial charge in [-0.3, -0.25) is 4.79 Å². The van der Waals surface area contributed by atoms with Gasteiger partial charge in [0.1, 0.15) is 0 Å². The van der Waals surface area contributed by atoms with E-state index in [2.05, 4.69) is 0 Å². The maximum Gasteiger partial charge on any atom is 0.161 e. The normalized spacial score (nSPS) is 11.5. The van der Waals surface area contributed by atoms with Gasteiger partial charge in [-0.05, 0) is 54.3 Å². The highest BCUT2D eigenvalue weighted by Crippen LogP contribution is 2.37. The molecule has 0 spiro atoms. The van der Waals surface area contributed by atoms with Crippen molar-refractivity contribution in [2.45, 2.75) is 26.7 Å². The molecule has 6 heteroatoms. The molecule has 0 unspecified atom stereocenters. The summed E-state index contributed by atoms with van der Waals surface area (Å²) in [4.78, 5) is 11.9. The third-order valence-corrected chi connectivity index (χ3v) is 4.59. The van der Waals surface area contributed by atoms with Gasteiger partial charge < -0.3 is 18.9 Å². The Bertz CT molecular complexity index is 860. The van der Waals surface area contributed by atoms with E-state index in [0.717, 1.165) is 19.1 Å². The molecule has 0 aliphatic carbocycles. The van der Waals surface area contributed by atoms with Crippen molar-refractivity contribution in [3.63, 3.8) is 0 Å². The van der Waals surface area contributed by atoms with Crippen LogP contribution in [-0.4, -0.2) is 33.7 Å². The van der Waals surface area contributed by atoms with Crippen molar-refractivity contribution in [2.75, 3.05) is 27.4 Å². The molecule has 2 rings (SSSR count). The highest BCUT2D eigenvalue weighted by atomic mass is 35.5. The molecule has 156 valence electrons. The number of hydrogen-bond donors (Lipinski definition) is 0. The van der Waals surface area contributed by atoms with Crippen molar-refractivity contribution in [1.82, 2.24) is 0 Å². The Morgan fingerprint density at radius 3 is 1.97 bits per heavy atom. The van der Waals surface area contributed by atoms with Crippen molar-refractivity contribution in [2.24, 2.45) is 0 Å². The minimum absolute atomic E-state index is 0.315. The maximum atomic E-state index is 11.9. The molecule has 0 saturated heterocycles. The zero-order valence-corrected chi connectivity index (χ0v) is 18.0. The molecule has 0 atom stereocenters. The number of aldehydes is 1. The fraction of sp³-hybridized carbons (Fsp3) is 0.348. The molecule has 0 bridgehead atoms. The number of carbonyl (C=O) groups is 1. The van der Waals surface area contributed by atoms with Crippen LogP contribution in [0.3, 0.4) is 0 Å². The SMILES string of the molecule is CCCOc1ccc(/C(Cl)=C(\C=O)c2ccc(OC)c(OC)c2)cc1OCCC. The fourth-order valence-corrected chi connectivity index (χ4v) is 2.98. The molecular weight excluding hydrogens is 392 g/mol. The van der Waals surface area contributed by atoms with Gasteiger partial charge in [0.2, 0.25) is 0 Å². The summed E-state index contributed by atoms with van der Waals surface area (Å²) in [5, 5.41) is 0.315. The summed E-state index contributed by atoms with van der Waals surface area (Å²) < 4.78 is 22.2. The van der Waals surface area contributed by atoms with E-state index in [0.29, 0.717) is 57.9 Å². The monoisotopic (exact) mass is 418 g/mol. The molecule has 0 amide bonds. The summed E-state index contributed by atoms with van der Waals surface area (Å²) in [6.45, 7) is 5.23. The smallest absolute Gasteiger partial charge is 0.161 e. The van der Waals surface area contributed by atoms with Crippen LogP contribution in [0.1, 0.15) is 37.8 Å². The molecule has 0 fully saturated rings. The van der Waals surface area contributed by atoms with E-state index in [1.165, 1.54) is 0 Å². The summed E-state index contributed by atoms with van der Waals surface area (Å²) >= 11 is 6.62. The lowest BCUT2D eigenvalue weighted by atomic mass is 10.0. The van der Waals surface area contributed by atoms with Crippen molar-refractivity contribution in [3.05, 3.63) is 47.5 Å². The van der Waals surface area contributed by atoms with E-state index < -0.39 is 0 Å². The zero-order valence-electron chi connectivity index (χ0n) is 17.3. The number of benzene rings is 2. The van der Waals surface area contributed by atoms with Gasteiger partial charge in [0.05, 0.1) is 32.5 Å². The molecule has 0 aliphatic rings. The quantitative estimate of drug-likeness (QED) is 0.270. The van der Waals surface area contributed by atoms with Crippen LogP contribution in [-0.2, 0) is 4.79 Å². The number of halogens is 1. The van der Waals surface area contributed by atoms with Gasteiger partial charge in [-0.25, -0.2) is 0 Å². The van der Waals surface area contributed by atoms with Crippen LogP contribution in [0.4, 0.5) is 0 Å². The third kappa shape index (κ3) is 5.67. The van der Waals surface area contributed by atoms with Crippen molar-refractivity contribution >= 4 is 28.5 Å². The molecule has 29 heavy (non-hydrogen) atoms. The van der Waals surface area contributed by atoms with E-state index in [-0.39, 0.29) is 0 Å². The lowest BCUT2D eigenvalue weighted by molar-refractivity contribution is -0.103. The van der Waals surface area contributed by atoms with Crippen LogP contribution in [0, 0.1) is 0 Å². The Morgan fingerprint density at radius 2 is 1.38 bits per heavy atom. The number of rotatable bonds is 11. The Morgan fingerprint density at radius 1 is 0.828 bits per heavy atom. The number of methoxy groups -OCH3 is 2. The molecule has 5 nitrogen and oxygen atoms in total. The summed E-state index contributed by atoms with van der Waals surface area (Å²) in [6, 6.07) is 10.6. The van der Waals surface area contributed by atoms with E-state index in [1.807, 2.05) is 26.0 Å². The molecule has 0 radical (unpaired) electrons. The topological polar surface area (TPSA) is 54.0 Å². The van der Waals surface area contributed by atoms with E-state index >= 15 is 0 Å². The van der Waals surface area contributed by atoms with E-state index in [4.69, 9.17) is 30.5 Å². The summed E-state index contributed by atoms with van der Waals surface area (Å²) in [6.07, 6.45) is 2.49. The Labute approximate surface area is 177 Å². The highest BCUT2D eigenvalue weighted by Gasteiger charge is 2.15. The van der Waals surface area contributed by atoms with Crippen molar-refractivity contribution in [3.8, 4) is 23.0 Å². The van der Waals surface area contributed by atoms with Gasteiger partial charge >= 0.3 is 0 Å². The van der Waals surface area contributed by atoms with Crippen LogP contribution in [0.15, 0.2) is 36.4 Å². The maximum absolute atomic E-state index is 11.9. The summed E-state index contributed by atoms with van der Waals surface area (Å²) in [5.74, 6) is 2.36. The first-order valence-electron chi connectivity index (χ1n) is 9.56. The van der Waals surface area contributed by atoms with Gasteiger partial charge in [0.25, 0.3) is 0 Å². The van der Waals surface area contributed by atoms with Crippen LogP contribution < -0.4 is 18.9 Å². The van der Waals surface area contributed by atoms with Gasteiger partial charge in [0, 0.05) is 5.57 Å². The standard InChI is InChI=1S/C23H27ClO5/c1-5-11-28-20-10-8-17(14-22(20)29-12-6-2)23(24)18(15-25)16-7-9-19(26-3)21(13-16)27-4/h7-10,13-15H,5-6,11-12H2,1-4H3/b23-18-. The van der Waals surface area contributed by atoms with Gasteiger partial charge in [0.15, 0.2) is 29.3 Å². The molecular formula is C23H27ClO5. The molecule has 2 aromatic carbocycles. The second-order valence-corrected chi connectivity index (χ2v) is 6.65. The van der Waals surface area contributed by atoms with E-state index in [9.17, 15) is 4.79 Å². The molecule has 0 saturated carbocycles. The molecule has 0 N–H and O–H groups in total. The lowest BCUT2D eigenvalue weighted by Crippen LogP contribution is -2.02. The van der Waals surface area contributed by atoms with Crippen molar-refractivity contribution in [1.29, 1.82) is 0 Å². The van der Waals surface area contributed by atoms with Gasteiger partial charge in [-0.2, -0.15) is 0 Å². The molecule has 0 aromatic heterocycles. The zero-order chi connectivity index (χ0) is 21.2. The molecule has 0 aliphatic heterocycles. The van der Waals surface area contributed by atoms with Crippen LogP contribution in [0.25, 0.3) is 10.6 Å². The summed E-state index contributed by atoms with van der Waals surface area (Å²) in [7, 11) is 3.10. The highest BCUT2D eigenvalue weighted by molar-refractivity contribution is 6.55. The van der Waals surface area contributed by atoms with Gasteiger partial charge in [-0.15, -0.1) is 0 Å². The Hall–Kier alpha value is -2.66. The third-order valence-electron chi connectivity index (χ3n) is 4.17. The number of carbonyl (C=O) groups excluding carboxylic acids is 1. The predicted molar refractivity (Wildman–Crippen MR) is 116 cm³/mol. The van der Waals surface area contributed by atoms with Gasteiger partial charge in [-0.1, -0.05) is 31.5 Å². The van der Waals surface area contributed by atoms with Crippen molar-refractivity contribution < 1.29 is 23.7 Å². The average molecular weight is 419 g/mol. The first-order valence-corrected chi connectivity index (χ1v) is 9.94. The second kappa shape index (κ2) is 11.4. The second-order valence-electron chi connectivity index (χ2n) is 6.27. The van der Waals surface area contributed by atoms with Crippen LogP contribution in [0.2, 0.25) is 0 Å². The summed E-state index contributed by atoms with van der Waals surface area (Å²) in [5.41, 5.74) is 1.64. The molecule has 2 aromatic rings. The lowest BCUT2D eigenvalue weighted by Gasteiger charge is -2.14. The largest absolute Gasteiger partial charge is 0.493 e. The Kier molecular flexibility index (Phi) is 8.87. The first kappa shape index (κ1) is 22.6. The predicted octanol–water partition coefficient (Wildman–Crippen LogP) is 5.59. The van der Waals surface area contributed by atoms with E-state index in [1.54, 1.807) is 38.5 Å². The minimum atomic E-state index is 0.315. The number of hydrogen-bond acceptors (Lipinski definition) is 5. The fourth-order valence-electron chi connectivity index (χ4n) is 2.71. The Balaban J connectivity index is 2.49. The van der Waals surface area contributed by atoms with Crippen LogP contribution in [0.5, 0.6) is 23.0 Å². The number of ether oxygens (including phenoxy) is 4. The first-order chi connectivity index (χ1) is 14.1. The molecule has 0 heterocycles. The van der Waals surface area contributed by atoms with Crippen LogP contribution >= 0.6 is 11.6 Å². The minimum Gasteiger partial charge on any atom is -0.493 e. The number of allylic oxidation sites excluding steroid dienone is 1. The average Bonchev–Trinajstić information content (AvgIpc) is 2.76.